The molecule has 1 atom stereocenters. The number of hydrogen-bond acceptors (Lipinski definition) is 4. The van der Waals surface area contributed by atoms with Crippen molar-refractivity contribution in [2.45, 2.75) is 18.9 Å². The molecular weight excluding hydrogens is 406 g/mol. The normalized spacial score (nSPS) is 11.3. The summed E-state index contributed by atoms with van der Waals surface area (Å²) in [4.78, 5) is 24.1. The Morgan fingerprint density at radius 1 is 0.906 bits per heavy atom. The van der Waals surface area contributed by atoms with Crippen LogP contribution in [0.15, 0.2) is 78.9 Å². The van der Waals surface area contributed by atoms with E-state index in [-0.39, 0.29) is 12.3 Å². The van der Waals surface area contributed by atoms with Gasteiger partial charge in [0.05, 0.1) is 19.6 Å². The third-order valence-electron chi connectivity index (χ3n) is 4.84. The molecule has 0 aliphatic carbocycles. The lowest BCUT2D eigenvalue weighted by atomic mass is 10.0. The first-order chi connectivity index (χ1) is 15.5. The first-order valence-corrected chi connectivity index (χ1v) is 10.3. The fourth-order valence-corrected chi connectivity index (χ4v) is 3.24. The van der Waals surface area contributed by atoms with Crippen LogP contribution in [0.2, 0.25) is 0 Å². The molecule has 7 heteroatoms. The molecule has 0 aliphatic heterocycles. The molecule has 32 heavy (non-hydrogen) atoms. The van der Waals surface area contributed by atoms with Gasteiger partial charge in [-0.3, -0.25) is 4.79 Å². The van der Waals surface area contributed by atoms with E-state index < -0.39 is 12.1 Å². The summed E-state index contributed by atoms with van der Waals surface area (Å²) in [6.07, 6.45) is 0.740. The Kier molecular flexibility index (Phi) is 8.09. The van der Waals surface area contributed by atoms with Crippen molar-refractivity contribution in [3.05, 3.63) is 90.0 Å². The maximum atomic E-state index is 12.5. The molecule has 0 bridgehead atoms. The second-order valence-corrected chi connectivity index (χ2v) is 7.20. The van der Waals surface area contributed by atoms with E-state index in [2.05, 4.69) is 10.6 Å². The number of nitrogens with one attached hydrogen (secondary N) is 2. The molecule has 1 unspecified atom stereocenters. The van der Waals surface area contributed by atoms with Crippen LogP contribution in [-0.4, -0.2) is 25.6 Å². The predicted molar refractivity (Wildman–Crippen MR) is 123 cm³/mol. The topological polar surface area (TPSA) is 103 Å². The van der Waals surface area contributed by atoms with Gasteiger partial charge in [0.1, 0.15) is 17.2 Å². The van der Waals surface area contributed by atoms with Crippen LogP contribution in [0.5, 0.6) is 17.2 Å². The summed E-state index contributed by atoms with van der Waals surface area (Å²) in [6.45, 7) is 0.478. The van der Waals surface area contributed by atoms with Crippen molar-refractivity contribution >= 4 is 11.9 Å². The number of carbonyl (C=O) groups excluding carboxylic acids is 2. The summed E-state index contributed by atoms with van der Waals surface area (Å²) in [5, 5.41) is 5.54. The van der Waals surface area contributed by atoms with E-state index in [1.54, 1.807) is 13.2 Å². The number of nitrogens with two attached hydrogens (primary N) is 1. The van der Waals surface area contributed by atoms with Crippen molar-refractivity contribution in [3.8, 4) is 17.2 Å². The van der Waals surface area contributed by atoms with E-state index in [4.69, 9.17) is 15.2 Å². The minimum absolute atomic E-state index is 0.0559. The first kappa shape index (κ1) is 22.7. The Morgan fingerprint density at radius 2 is 1.62 bits per heavy atom. The number of para-hydroxylation sites is 1. The van der Waals surface area contributed by atoms with Crippen molar-refractivity contribution in [2.24, 2.45) is 5.73 Å². The maximum absolute atomic E-state index is 12.5. The summed E-state index contributed by atoms with van der Waals surface area (Å²) in [5.41, 5.74) is 7.16. The smallest absolute Gasteiger partial charge is 0.312 e. The largest absolute Gasteiger partial charge is 0.497 e. The zero-order chi connectivity index (χ0) is 22.8. The van der Waals surface area contributed by atoms with E-state index in [9.17, 15) is 9.59 Å². The summed E-state index contributed by atoms with van der Waals surface area (Å²) in [6, 6.07) is 23.0. The summed E-state index contributed by atoms with van der Waals surface area (Å²) < 4.78 is 11.0. The van der Waals surface area contributed by atoms with Gasteiger partial charge in [0.25, 0.3) is 0 Å². The van der Waals surface area contributed by atoms with Gasteiger partial charge in [-0.2, -0.15) is 0 Å². The number of rotatable bonds is 10. The third-order valence-corrected chi connectivity index (χ3v) is 4.84. The lowest BCUT2D eigenvalue weighted by molar-refractivity contribution is -0.121. The van der Waals surface area contributed by atoms with Crippen LogP contribution in [0, 0.1) is 0 Å². The lowest BCUT2D eigenvalue weighted by Gasteiger charge is -2.19. The molecule has 0 heterocycles. The Hall–Kier alpha value is -4.00. The number of urea groups is 1. The van der Waals surface area contributed by atoms with Gasteiger partial charge in [-0.1, -0.05) is 42.5 Å². The van der Waals surface area contributed by atoms with Gasteiger partial charge in [0.2, 0.25) is 5.91 Å². The van der Waals surface area contributed by atoms with Crippen molar-refractivity contribution in [1.82, 2.24) is 10.6 Å². The van der Waals surface area contributed by atoms with E-state index in [1.165, 1.54) is 0 Å². The highest BCUT2D eigenvalue weighted by atomic mass is 16.5. The molecule has 0 saturated carbocycles. The summed E-state index contributed by atoms with van der Waals surface area (Å²) in [5.74, 6) is 1.90. The highest BCUT2D eigenvalue weighted by Crippen LogP contribution is 2.26. The van der Waals surface area contributed by atoms with Crippen LogP contribution < -0.4 is 25.8 Å². The highest BCUT2D eigenvalue weighted by Gasteiger charge is 2.18. The summed E-state index contributed by atoms with van der Waals surface area (Å²) >= 11 is 0. The molecule has 3 aromatic rings. The average molecular weight is 434 g/mol. The van der Waals surface area contributed by atoms with E-state index in [0.717, 1.165) is 16.9 Å². The van der Waals surface area contributed by atoms with Crippen LogP contribution in [0.4, 0.5) is 4.79 Å². The van der Waals surface area contributed by atoms with Gasteiger partial charge >= 0.3 is 6.03 Å². The minimum atomic E-state index is -0.699. The molecular formula is C25H27N3O4. The Bertz CT molecular complexity index is 1020. The SMILES string of the molecule is COc1ccc(CCNC(=O)CC(NC(N)=O)c2cccc(Oc3ccccc3)c2)cc1. The molecule has 3 rings (SSSR count). The number of benzene rings is 3. The van der Waals surface area contributed by atoms with E-state index in [0.29, 0.717) is 24.5 Å². The van der Waals surface area contributed by atoms with Gasteiger partial charge < -0.3 is 25.8 Å². The number of hydrogen-bond donors (Lipinski definition) is 3. The fraction of sp³-hybridized carbons (Fsp3) is 0.200. The van der Waals surface area contributed by atoms with Crippen LogP contribution in [-0.2, 0) is 11.2 Å². The molecule has 0 saturated heterocycles. The number of amides is 3. The van der Waals surface area contributed by atoms with Crippen molar-refractivity contribution in [3.63, 3.8) is 0 Å². The molecule has 4 N–H and O–H groups in total. The lowest BCUT2D eigenvalue weighted by Crippen LogP contribution is -2.37. The number of methoxy groups -OCH3 is 1. The van der Waals surface area contributed by atoms with Gasteiger partial charge in [0.15, 0.2) is 0 Å². The molecule has 166 valence electrons. The highest BCUT2D eigenvalue weighted by molar-refractivity contribution is 5.78. The molecule has 3 amide bonds. The zero-order valence-electron chi connectivity index (χ0n) is 17.9. The maximum Gasteiger partial charge on any atom is 0.312 e. The fourth-order valence-electron chi connectivity index (χ4n) is 3.24. The Labute approximate surface area is 187 Å². The molecule has 0 aliphatic rings. The van der Waals surface area contributed by atoms with Crippen LogP contribution in [0.3, 0.4) is 0 Å². The molecule has 0 fully saturated rings. The number of carbonyl (C=O) groups is 2. The van der Waals surface area contributed by atoms with Crippen LogP contribution in [0.1, 0.15) is 23.6 Å². The molecule has 0 aromatic heterocycles. The van der Waals surface area contributed by atoms with Gasteiger partial charge in [-0.15, -0.1) is 0 Å². The second-order valence-electron chi connectivity index (χ2n) is 7.20. The van der Waals surface area contributed by atoms with E-state index in [1.807, 2.05) is 72.8 Å². The third kappa shape index (κ3) is 7.05. The standard InChI is InChI=1S/C25H27N3O4/c1-31-20-12-10-18(11-13-20)14-15-27-24(29)17-23(28-25(26)30)19-6-5-9-22(16-19)32-21-7-3-2-4-8-21/h2-13,16,23H,14-15,17H2,1H3,(H,27,29)(H3,26,28,30). The Balaban J connectivity index is 1.59. The minimum Gasteiger partial charge on any atom is -0.497 e. The van der Waals surface area contributed by atoms with Gasteiger partial charge in [-0.25, -0.2) is 4.79 Å². The van der Waals surface area contributed by atoms with Crippen LogP contribution in [0.25, 0.3) is 0 Å². The van der Waals surface area contributed by atoms with Crippen molar-refractivity contribution in [1.29, 1.82) is 0 Å². The van der Waals surface area contributed by atoms with Crippen molar-refractivity contribution < 1.29 is 19.1 Å². The number of primary amides is 1. The van der Waals surface area contributed by atoms with Crippen molar-refractivity contribution in [2.75, 3.05) is 13.7 Å². The quantitative estimate of drug-likeness (QED) is 0.450. The van der Waals surface area contributed by atoms with E-state index >= 15 is 0 Å². The summed E-state index contributed by atoms with van der Waals surface area (Å²) in [7, 11) is 1.62. The first-order valence-electron chi connectivity index (χ1n) is 10.3. The second kappa shape index (κ2) is 11.4. The zero-order valence-corrected chi connectivity index (χ0v) is 17.9. The molecule has 3 aromatic carbocycles. The molecule has 0 spiro atoms. The number of ether oxygens (including phenoxy) is 2. The molecule has 7 nitrogen and oxygen atoms in total. The monoisotopic (exact) mass is 433 g/mol. The van der Waals surface area contributed by atoms with Gasteiger partial charge in [-0.05, 0) is 53.9 Å². The van der Waals surface area contributed by atoms with Gasteiger partial charge in [0, 0.05) is 6.54 Å². The average Bonchev–Trinajstić information content (AvgIpc) is 2.80. The predicted octanol–water partition coefficient (Wildman–Crippen LogP) is 3.95. The Morgan fingerprint density at radius 3 is 2.31 bits per heavy atom. The molecule has 0 radical (unpaired) electrons. The van der Waals surface area contributed by atoms with Crippen LogP contribution >= 0.6 is 0 Å².